The largest absolute Gasteiger partial charge is 0.460 e. The Morgan fingerprint density at radius 3 is 1.63 bits per heavy atom. The Kier molecular flexibility index (Phi) is 41.6. The maximum Gasteiger partial charge on any atom is 0.408 e. The number of Topliss-reactive ketones (excluding diaryl/α,β-unsaturated/α-hetero) is 3. The number of rotatable bonds is 40. The summed E-state index contributed by atoms with van der Waals surface area (Å²) in [4.78, 5) is 203. The van der Waals surface area contributed by atoms with Crippen molar-refractivity contribution in [2.45, 2.75) is 372 Å². The molecule has 3 heterocycles. The number of thioether (sulfide) groups is 1. The second-order valence-electron chi connectivity index (χ2n) is 39.5. The van der Waals surface area contributed by atoms with Crippen LogP contribution in [0.3, 0.4) is 0 Å². The number of amides is 11. The maximum atomic E-state index is 15.7. The first-order valence-electron chi connectivity index (χ1n) is 46.1. The summed E-state index contributed by atoms with van der Waals surface area (Å²) in [5.41, 5.74) is -6.61. The van der Waals surface area contributed by atoms with Crippen molar-refractivity contribution in [3.63, 3.8) is 0 Å². The Bertz CT molecular complexity index is 4180. The van der Waals surface area contributed by atoms with Crippen molar-refractivity contribution in [1.82, 2.24) is 58.5 Å². The molecule has 11 amide bonds. The number of urea groups is 1. The van der Waals surface area contributed by atoms with E-state index < -0.39 is 183 Å². The maximum absolute atomic E-state index is 15.7. The van der Waals surface area contributed by atoms with E-state index in [9.17, 15) is 33.6 Å². The quantitative estimate of drug-likeness (QED) is 0.00828. The van der Waals surface area contributed by atoms with Crippen LogP contribution in [0.5, 0.6) is 0 Å². The molecule has 0 spiro atoms. The summed E-state index contributed by atoms with van der Waals surface area (Å²) in [7, 11) is 0. The molecule has 6 rings (SSSR count). The third-order valence-corrected chi connectivity index (χ3v) is 24.5. The molecule has 0 unspecified atom stereocenters. The smallest absolute Gasteiger partial charge is 0.408 e. The third-order valence-electron chi connectivity index (χ3n) is 23.0. The molecular weight excluding hydrogens is 1670 g/mol. The molecule has 3 aromatic carbocycles. The van der Waals surface area contributed by atoms with Gasteiger partial charge in [0.15, 0.2) is 11.6 Å². The molecule has 0 radical (unpaired) electrons. The fourth-order valence-electron chi connectivity index (χ4n) is 16.2. The first-order chi connectivity index (χ1) is 60.4. The summed E-state index contributed by atoms with van der Waals surface area (Å²) in [5, 5.41) is 32.1. The van der Waals surface area contributed by atoms with Crippen LogP contribution in [-0.4, -0.2) is 201 Å². The molecular formula is C98H149N11O19S. The number of esters is 1. The Balaban J connectivity index is 1.29. The first-order valence-corrected chi connectivity index (χ1v) is 47.1. The van der Waals surface area contributed by atoms with Crippen LogP contribution in [0.25, 0.3) is 0 Å². The zero-order valence-corrected chi connectivity index (χ0v) is 80.9. The van der Waals surface area contributed by atoms with E-state index in [-0.39, 0.29) is 107 Å². The highest BCUT2D eigenvalue weighted by atomic mass is 32.2. The molecule has 3 aliphatic heterocycles. The zero-order chi connectivity index (χ0) is 96.0. The van der Waals surface area contributed by atoms with Gasteiger partial charge in [-0.3, -0.25) is 57.5 Å². The molecule has 2 fully saturated rings. The summed E-state index contributed by atoms with van der Waals surface area (Å²) in [6.07, 6.45) is 4.04. The van der Waals surface area contributed by atoms with E-state index in [1.165, 1.54) is 20.8 Å². The molecule has 15 atom stereocenters. The Hall–Kier alpha value is -9.59. The lowest BCUT2D eigenvalue weighted by Gasteiger charge is -2.37. The van der Waals surface area contributed by atoms with E-state index in [0.29, 0.717) is 31.1 Å². The number of alkyl carbamates (subject to hydrolysis) is 1. The van der Waals surface area contributed by atoms with E-state index in [0.717, 1.165) is 41.7 Å². The lowest BCUT2D eigenvalue weighted by atomic mass is 9.76. The predicted octanol–water partition coefficient (Wildman–Crippen LogP) is 11.7. The number of ketones is 3. The lowest BCUT2D eigenvalue weighted by Crippen LogP contribution is -2.65. The van der Waals surface area contributed by atoms with Crippen molar-refractivity contribution in [1.29, 1.82) is 0 Å². The Labute approximate surface area is 768 Å². The van der Waals surface area contributed by atoms with Crippen molar-refractivity contribution < 1.29 is 90.8 Å². The van der Waals surface area contributed by atoms with Crippen LogP contribution in [-0.2, 0) is 86.8 Å². The number of nitrogens with one attached hydrogen (secondary N) is 11. The molecule has 0 bridgehead atoms. The highest BCUT2D eigenvalue weighted by Gasteiger charge is 2.47. The average Bonchev–Trinajstić information content (AvgIpc) is 1.54. The Morgan fingerprint density at radius 2 is 1.09 bits per heavy atom. The van der Waals surface area contributed by atoms with Gasteiger partial charge in [-0.25, -0.2) is 9.59 Å². The van der Waals surface area contributed by atoms with Gasteiger partial charge in [0.25, 0.3) is 0 Å². The van der Waals surface area contributed by atoms with Crippen LogP contribution in [0, 0.1) is 17.8 Å². The molecule has 0 aliphatic carbocycles. The average molecular weight is 1820 g/mol. The van der Waals surface area contributed by atoms with E-state index in [1.54, 1.807) is 104 Å². The summed E-state index contributed by atoms with van der Waals surface area (Å²) in [6.45, 7) is 35.5. The number of ether oxygens (including phenoxy) is 5. The molecule has 129 heavy (non-hydrogen) atoms. The lowest BCUT2D eigenvalue weighted by molar-refractivity contribution is -0.157. The van der Waals surface area contributed by atoms with Gasteiger partial charge in [-0.05, 0) is 217 Å². The van der Waals surface area contributed by atoms with Crippen LogP contribution in [0.15, 0.2) is 103 Å². The number of carbonyl (C=O) groups is 14. The van der Waals surface area contributed by atoms with E-state index in [1.807, 2.05) is 136 Å². The monoisotopic (exact) mass is 1820 g/mol. The minimum Gasteiger partial charge on any atom is -0.460 e. The van der Waals surface area contributed by atoms with E-state index in [2.05, 4.69) is 58.5 Å². The summed E-state index contributed by atoms with van der Waals surface area (Å²) in [5.74, 6) is -10.2. The van der Waals surface area contributed by atoms with Crippen LogP contribution < -0.4 is 58.5 Å². The number of unbranched alkanes of at least 4 members (excludes halogenated alkanes) is 1. The van der Waals surface area contributed by atoms with Crippen LogP contribution >= 0.6 is 11.8 Å². The second-order valence-corrected chi connectivity index (χ2v) is 40.8. The molecule has 0 saturated carbocycles. The second kappa shape index (κ2) is 49.6. The number of hydrogen-bond acceptors (Lipinski definition) is 20. The van der Waals surface area contributed by atoms with E-state index >= 15 is 33.6 Å². The molecule has 3 aromatic rings. The third kappa shape index (κ3) is 35.2. The standard InChI is InChI=1S/C98H149N11O19S/c1-22-62(4)79-87(119)100-71(59-77(114)127-94(14,15)16)85(117)109-97(21,89(121)104-78(61(2)3)86(118)103-80(64(6)125-92(8,9)10)73(111)50-41-57-124-56-40-49-70(110)48-36-37-51-75-82-72(60-129-75)101-90(122)105-82)55-39-26-24-23-25-38-54-96(20,88(120)99-63(5)83(115)102-79)108-84(116)66(58-74(112)81(65(7)126-93(11,12)13)106-91(123)128-95(17,18)19)52-53-76(113)107-98(67-42-30-27-31-43-67,68-44-32-28-33-45-68)69-46-34-29-35-47-69/h23-24,27-35,42-47,61-66,71-72,75,78-82H,22,25-26,36-41,48-60H2,1-21H3,(H,99,120)(H,100,119)(H,102,115)(H,103,118)(H,104,121)(H,106,123)(H,107,113)(H,108,116)(H,109,117)(H2,101,105,122)/b24-23+/t62-,63-,64+,65+,66+,71-,72-,75-,78-,79-,80-,81+,82-,96-,97-/m0/s1. The minimum atomic E-state index is -1.92. The summed E-state index contributed by atoms with van der Waals surface area (Å²) >= 11 is 1.85. The SMILES string of the molecule is CC[C@H](C)[C@@H]1NC(=O)[C@H](C)NC(=O)[C@@](C)(NC(=O)[C@H](CCC(=O)NC(c2ccccc2)(c2ccccc2)c2ccccc2)CC(=O)[C@H](NC(=O)OC(C)(C)C)[C@@H](C)OC(C)(C)C)CCC/C=C/CCC[C@@](C)(C(=O)N[C@H](C(=O)N[C@H](C(=O)CCCOCCCC(=O)CCCC[C@@H]2SC[C@@H]3NC(=O)N[C@@H]32)[C@@H](C)OC(C)(C)C)C(C)C)NC(=O)[C@H](CC(=O)OC(C)(C)C)NC1=O. The Morgan fingerprint density at radius 1 is 0.558 bits per heavy atom. The first kappa shape index (κ1) is 108. The molecule has 716 valence electrons. The molecule has 30 nitrogen and oxygen atoms in total. The summed E-state index contributed by atoms with van der Waals surface area (Å²) < 4.78 is 29.8. The number of hydrogen-bond donors (Lipinski definition) is 11. The van der Waals surface area contributed by atoms with Crippen molar-refractivity contribution >= 4 is 94.5 Å². The zero-order valence-electron chi connectivity index (χ0n) is 80.1. The van der Waals surface area contributed by atoms with Gasteiger partial charge in [0.05, 0.1) is 41.9 Å². The van der Waals surface area contributed by atoms with Crippen LogP contribution in [0.2, 0.25) is 0 Å². The molecule has 0 aromatic heterocycles. The molecule has 11 N–H and O–H groups in total. The number of benzene rings is 3. The van der Waals surface area contributed by atoms with Gasteiger partial charge in [-0.2, -0.15) is 11.8 Å². The minimum absolute atomic E-state index is 0.0214. The van der Waals surface area contributed by atoms with Gasteiger partial charge in [0.1, 0.15) is 69.9 Å². The van der Waals surface area contributed by atoms with Gasteiger partial charge in [0, 0.05) is 62.2 Å². The van der Waals surface area contributed by atoms with Crippen LogP contribution in [0.4, 0.5) is 9.59 Å². The number of fused-ring (bicyclic) bond motifs is 1. The fraction of sp³-hybridized carbons (Fsp3) is 0.653. The molecule has 2 saturated heterocycles. The predicted molar refractivity (Wildman–Crippen MR) is 497 cm³/mol. The van der Waals surface area contributed by atoms with E-state index in [4.69, 9.17) is 23.7 Å². The van der Waals surface area contributed by atoms with Gasteiger partial charge in [0.2, 0.25) is 47.3 Å². The topological polar surface area (TPSA) is 417 Å². The molecule has 31 heteroatoms. The highest BCUT2D eigenvalue weighted by molar-refractivity contribution is 8.00. The van der Waals surface area contributed by atoms with Gasteiger partial charge in [-0.1, -0.05) is 144 Å². The van der Waals surface area contributed by atoms with Gasteiger partial charge in [-0.15, -0.1) is 0 Å². The normalized spacial score (nSPS) is 22.5. The van der Waals surface area contributed by atoms with Gasteiger partial charge < -0.3 is 82.2 Å². The van der Waals surface area contributed by atoms with Crippen molar-refractivity contribution in [2.75, 3.05) is 19.0 Å². The number of allylic oxidation sites excluding steroid dienone is 2. The van der Waals surface area contributed by atoms with Crippen molar-refractivity contribution in [3.05, 3.63) is 120 Å². The number of carbonyl (C=O) groups excluding carboxylic acids is 14. The summed E-state index contributed by atoms with van der Waals surface area (Å²) in [6, 6.07) is 19.7. The van der Waals surface area contributed by atoms with Gasteiger partial charge >= 0.3 is 18.1 Å². The van der Waals surface area contributed by atoms with Crippen LogP contribution in [0.1, 0.15) is 284 Å². The van der Waals surface area contributed by atoms with Crippen molar-refractivity contribution in [2.24, 2.45) is 17.8 Å². The molecule has 3 aliphatic rings. The van der Waals surface area contributed by atoms with Crippen molar-refractivity contribution in [3.8, 4) is 0 Å². The highest BCUT2D eigenvalue weighted by Crippen LogP contribution is 2.38. The fourth-order valence-corrected chi connectivity index (χ4v) is 17.7.